The Bertz CT molecular complexity index is 279. The molecular weight excluding hydrogens is 212 g/mol. The number of piperidine rings is 1. The number of thioether (sulfide) groups is 1. The molecule has 0 amide bonds. The van der Waals surface area contributed by atoms with Gasteiger partial charge in [-0.15, -0.1) is 11.3 Å². The Hall–Kier alpha value is -0.0600. The maximum absolute atomic E-state index is 4.45. The summed E-state index contributed by atoms with van der Waals surface area (Å²) >= 11 is 3.65. The minimum Gasteiger partial charge on any atom is -0.313 e. The zero-order valence-electron chi connectivity index (χ0n) is 8.45. The van der Waals surface area contributed by atoms with Gasteiger partial charge < -0.3 is 5.32 Å². The first kappa shape index (κ1) is 10.5. The van der Waals surface area contributed by atoms with Crippen LogP contribution >= 0.6 is 23.1 Å². The molecule has 0 radical (unpaired) electrons. The van der Waals surface area contributed by atoms with Crippen LogP contribution in [0.25, 0.3) is 0 Å². The predicted octanol–water partition coefficient (Wildman–Crippen LogP) is 2.69. The van der Waals surface area contributed by atoms with Gasteiger partial charge in [-0.3, -0.25) is 0 Å². The summed E-state index contributed by atoms with van der Waals surface area (Å²) in [5.74, 6) is 1.17. The summed E-state index contributed by atoms with van der Waals surface area (Å²) in [6.07, 6.45) is 4.06. The first-order valence-electron chi connectivity index (χ1n) is 5.13. The Labute approximate surface area is 93.5 Å². The Morgan fingerprint density at radius 1 is 1.64 bits per heavy atom. The standard InChI is InChI=1S/C10H16N2S2/c1-8-6-13-10(12-8)14-7-9-4-2-3-5-11-9/h6,9,11H,2-5,7H2,1H3/t9-/m0/s1. The van der Waals surface area contributed by atoms with E-state index in [9.17, 15) is 0 Å². The minimum atomic E-state index is 0.706. The molecule has 0 bridgehead atoms. The van der Waals surface area contributed by atoms with Gasteiger partial charge in [-0.25, -0.2) is 4.98 Å². The van der Waals surface area contributed by atoms with Crippen molar-refractivity contribution in [2.45, 2.75) is 36.6 Å². The molecule has 2 nitrogen and oxygen atoms in total. The lowest BCUT2D eigenvalue weighted by atomic mass is 10.1. The number of nitrogens with one attached hydrogen (secondary N) is 1. The number of thiazole rings is 1. The fraction of sp³-hybridized carbons (Fsp3) is 0.700. The molecule has 0 aliphatic carbocycles. The molecule has 14 heavy (non-hydrogen) atoms. The van der Waals surface area contributed by atoms with E-state index < -0.39 is 0 Å². The monoisotopic (exact) mass is 228 g/mol. The van der Waals surface area contributed by atoms with Crippen LogP contribution in [0.2, 0.25) is 0 Å². The summed E-state index contributed by atoms with van der Waals surface area (Å²) < 4.78 is 1.22. The van der Waals surface area contributed by atoms with Crippen molar-refractivity contribution in [3.8, 4) is 0 Å². The van der Waals surface area contributed by atoms with Crippen LogP contribution in [0.3, 0.4) is 0 Å². The summed E-state index contributed by atoms with van der Waals surface area (Å²) in [7, 11) is 0. The second kappa shape index (κ2) is 5.14. The van der Waals surface area contributed by atoms with E-state index in [1.165, 1.54) is 35.9 Å². The first-order chi connectivity index (χ1) is 6.84. The number of nitrogens with zero attached hydrogens (tertiary/aromatic N) is 1. The van der Waals surface area contributed by atoms with Crippen LogP contribution in [0.4, 0.5) is 0 Å². The van der Waals surface area contributed by atoms with Gasteiger partial charge in [0.1, 0.15) is 4.34 Å². The van der Waals surface area contributed by atoms with Gasteiger partial charge in [-0.2, -0.15) is 0 Å². The molecule has 2 heterocycles. The first-order valence-corrected chi connectivity index (χ1v) is 6.99. The number of rotatable bonds is 3. The lowest BCUT2D eigenvalue weighted by Crippen LogP contribution is -2.35. The van der Waals surface area contributed by atoms with Gasteiger partial charge in [0, 0.05) is 22.9 Å². The van der Waals surface area contributed by atoms with Crippen LogP contribution in [0, 0.1) is 6.92 Å². The number of aromatic nitrogens is 1. The molecular formula is C10H16N2S2. The average Bonchev–Trinajstić information content (AvgIpc) is 2.63. The molecule has 0 aromatic carbocycles. The van der Waals surface area contributed by atoms with Crippen LogP contribution < -0.4 is 5.32 Å². The molecule has 78 valence electrons. The summed E-state index contributed by atoms with van der Waals surface area (Å²) in [6.45, 7) is 3.25. The number of hydrogen-bond donors (Lipinski definition) is 1. The molecule has 0 spiro atoms. The lowest BCUT2D eigenvalue weighted by Gasteiger charge is -2.22. The van der Waals surface area contributed by atoms with Crippen LogP contribution in [0.5, 0.6) is 0 Å². The van der Waals surface area contributed by atoms with Crippen molar-refractivity contribution in [1.29, 1.82) is 0 Å². The minimum absolute atomic E-state index is 0.706. The van der Waals surface area contributed by atoms with Gasteiger partial charge in [0.25, 0.3) is 0 Å². The topological polar surface area (TPSA) is 24.9 Å². The van der Waals surface area contributed by atoms with Crippen LogP contribution in [-0.2, 0) is 0 Å². The zero-order valence-corrected chi connectivity index (χ0v) is 10.1. The highest BCUT2D eigenvalue weighted by Crippen LogP contribution is 2.24. The van der Waals surface area contributed by atoms with E-state index in [1.807, 2.05) is 11.8 Å². The van der Waals surface area contributed by atoms with Crippen molar-refractivity contribution in [3.63, 3.8) is 0 Å². The molecule has 0 unspecified atom stereocenters. The molecule has 1 aliphatic heterocycles. The van der Waals surface area contributed by atoms with E-state index in [0.717, 1.165) is 5.69 Å². The van der Waals surface area contributed by atoms with Gasteiger partial charge >= 0.3 is 0 Å². The molecule has 1 aliphatic rings. The van der Waals surface area contributed by atoms with E-state index >= 15 is 0 Å². The fourth-order valence-corrected chi connectivity index (χ4v) is 3.62. The second-order valence-corrected chi connectivity index (χ2v) is 5.84. The van der Waals surface area contributed by atoms with Crippen molar-refractivity contribution in [1.82, 2.24) is 10.3 Å². The largest absolute Gasteiger partial charge is 0.313 e. The molecule has 4 heteroatoms. The molecule has 1 saturated heterocycles. The van der Waals surface area contributed by atoms with Crippen molar-refractivity contribution >= 4 is 23.1 Å². The van der Waals surface area contributed by atoms with Gasteiger partial charge in [0.2, 0.25) is 0 Å². The second-order valence-electron chi connectivity index (χ2n) is 3.71. The Morgan fingerprint density at radius 3 is 3.21 bits per heavy atom. The SMILES string of the molecule is Cc1csc(SC[C@@H]2CCCCN2)n1. The van der Waals surface area contributed by atoms with Crippen molar-refractivity contribution in [3.05, 3.63) is 11.1 Å². The summed E-state index contributed by atoms with van der Waals surface area (Å²) in [4.78, 5) is 4.45. The Kier molecular flexibility index (Phi) is 3.84. The molecule has 1 N–H and O–H groups in total. The number of hydrogen-bond acceptors (Lipinski definition) is 4. The van der Waals surface area contributed by atoms with Crippen LogP contribution in [-0.4, -0.2) is 23.3 Å². The Morgan fingerprint density at radius 2 is 2.57 bits per heavy atom. The zero-order chi connectivity index (χ0) is 9.80. The van der Waals surface area contributed by atoms with Crippen LogP contribution in [0.1, 0.15) is 25.0 Å². The van der Waals surface area contributed by atoms with Gasteiger partial charge in [-0.05, 0) is 26.3 Å². The van der Waals surface area contributed by atoms with E-state index in [4.69, 9.17) is 0 Å². The van der Waals surface area contributed by atoms with Gasteiger partial charge in [0.05, 0.1) is 0 Å². The van der Waals surface area contributed by atoms with Gasteiger partial charge in [-0.1, -0.05) is 18.2 Å². The molecule has 1 aromatic rings. The van der Waals surface area contributed by atoms with E-state index in [1.54, 1.807) is 11.3 Å². The third-order valence-electron chi connectivity index (χ3n) is 2.42. The smallest absolute Gasteiger partial charge is 0.150 e. The predicted molar refractivity (Wildman–Crippen MR) is 63.2 cm³/mol. The molecule has 2 rings (SSSR count). The van der Waals surface area contributed by atoms with E-state index in [2.05, 4.69) is 22.6 Å². The Balaban J connectivity index is 1.76. The molecule has 1 fully saturated rings. The van der Waals surface area contributed by atoms with Crippen LogP contribution in [0.15, 0.2) is 9.72 Å². The van der Waals surface area contributed by atoms with Crippen molar-refractivity contribution in [2.24, 2.45) is 0 Å². The summed E-state index contributed by atoms with van der Waals surface area (Å²) in [5.41, 5.74) is 1.15. The van der Waals surface area contributed by atoms with E-state index in [-0.39, 0.29) is 0 Å². The maximum Gasteiger partial charge on any atom is 0.150 e. The third-order valence-corrected chi connectivity index (χ3v) is 4.72. The van der Waals surface area contributed by atoms with Gasteiger partial charge in [0.15, 0.2) is 0 Å². The quantitative estimate of drug-likeness (QED) is 0.805. The highest BCUT2D eigenvalue weighted by Gasteiger charge is 2.13. The molecule has 0 saturated carbocycles. The normalized spacial score (nSPS) is 22.5. The highest BCUT2D eigenvalue weighted by molar-refractivity contribution is 8.01. The summed E-state index contributed by atoms with van der Waals surface area (Å²) in [6, 6.07) is 0.706. The third kappa shape index (κ3) is 2.97. The van der Waals surface area contributed by atoms with E-state index in [0.29, 0.717) is 6.04 Å². The maximum atomic E-state index is 4.45. The summed E-state index contributed by atoms with van der Waals surface area (Å²) in [5, 5.41) is 5.67. The average molecular weight is 228 g/mol. The molecule has 1 aromatic heterocycles. The lowest BCUT2D eigenvalue weighted by molar-refractivity contribution is 0.430. The fourth-order valence-electron chi connectivity index (χ4n) is 1.64. The highest BCUT2D eigenvalue weighted by atomic mass is 32.2. The number of aryl methyl sites for hydroxylation is 1. The molecule has 1 atom stereocenters. The van der Waals surface area contributed by atoms with Crippen molar-refractivity contribution in [2.75, 3.05) is 12.3 Å². The van der Waals surface area contributed by atoms with Crippen molar-refractivity contribution < 1.29 is 0 Å².